The maximum Gasteiger partial charge on any atom is 0.191 e. The van der Waals surface area contributed by atoms with E-state index in [1.165, 1.54) is 12.8 Å². The first-order valence-electron chi connectivity index (χ1n) is 9.28. The number of furan rings is 1. The van der Waals surface area contributed by atoms with Crippen molar-refractivity contribution in [3.05, 3.63) is 23.2 Å². The summed E-state index contributed by atoms with van der Waals surface area (Å²) in [5.74, 6) is 2.28. The molecule has 1 fully saturated rings. The summed E-state index contributed by atoms with van der Waals surface area (Å²) in [6, 6.07) is 3.07. The zero-order valence-electron chi connectivity index (χ0n) is 16.5. The Balaban J connectivity index is 1.96. The molecule has 1 heterocycles. The number of hydrogen-bond donors (Lipinski definition) is 3. The normalized spacial score (nSPS) is 19.0. The van der Waals surface area contributed by atoms with Crippen molar-refractivity contribution in [1.82, 2.24) is 15.5 Å². The van der Waals surface area contributed by atoms with E-state index < -0.39 is 5.60 Å². The topological polar surface area (TPSA) is 73.0 Å². The maximum absolute atomic E-state index is 10.8. The third-order valence-corrected chi connectivity index (χ3v) is 4.89. The van der Waals surface area contributed by atoms with Crippen LogP contribution in [-0.2, 0) is 5.60 Å². The molecular weight excluding hydrogens is 316 g/mol. The van der Waals surface area contributed by atoms with Gasteiger partial charge in [-0.05, 0) is 60.6 Å². The van der Waals surface area contributed by atoms with Crippen molar-refractivity contribution in [1.29, 1.82) is 0 Å². The summed E-state index contributed by atoms with van der Waals surface area (Å²) in [5.41, 5.74) is -0.257. The van der Waals surface area contributed by atoms with Crippen molar-refractivity contribution >= 4 is 5.96 Å². The highest BCUT2D eigenvalue weighted by molar-refractivity contribution is 5.79. The highest BCUT2D eigenvalue weighted by Gasteiger charge is 2.29. The van der Waals surface area contributed by atoms with Crippen LogP contribution in [0, 0.1) is 13.8 Å². The molecule has 0 radical (unpaired) electrons. The second-order valence-corrected chi connectivity index (χ2v) is 7.42. The molecule has 1 saturated carbocycles. The predicted molar refractivity (Wildman–Crippen MR) is 102 cm³/mol. The highest BCUT2D eigenvalue weighted by atomic mass is 16.3. The van der Waals surface area contributed by atoms with Crippen LogP contribution in [0.25, 0.3) is 0 Å². The van der Waals surface area contributed by atoms with E-state index in [4.69, 9.17) is 4.42 Å². The molecule has 2 atom stereocenters. The molecule has 0 aromatic carbocycles. The van der Waals surface area contributed by atoms with Crippen LogP contribution in [0.4, 0.5) is 0 Å². The van der Waals surface area contributed by atoms with Gasteiger partial charge in [-0.1, -0.05) is 0 Å². The van der Waals surface area contributed by atoms with Crippen molar-refractivity contribution in [3.8, 4) is 0 Å². The molecule has 0 bridgehead atoms. The Labute approximate surface area is 151 Å². The lowest BCUT2D eigenvalue weighted by Crippen LogP contribution is -2.46. The molecule has 1 aromatic rings. The molecule has 0 amide bonds. The first-order valence-corrected chi connectivity index (χ1v) is 9.28. The van der Waals surface area contributed by atoms with Gasteiger partial charge in [0.25, 0.3) is 0 Å². The van der Waals surface area contributed by atoms with Crippen molar-refractivity contribution in [3.63, 3.8) is 0 Å². The molecule has 6 nitrogen and oxygen atoms in total. The van der Waals surface area contributed by atoms with Gasteiger partial charge in [-0.15, -0.1) is 0 Å². The van der Waals surface area contributed by atoms with Gasteiger partial charge in [-0.3, -0.25) is 4.90 Å². The van der Waals surface area contributed by atoms with Crippen molar-refractivity contribution in [2.75, 3.05) is 26.7 Å². The van der Waals surface area contributed by atoms with Crippen LogP contribution in [0.3, 0.4) is 0 Å². The second kappa shape index (κ2) is 8.23. The van der Waals surface area contributed by atoms with Crippen molar-refractivity contribution in [2.45, 2.75) is 65.1 Å². The van der Waals surface area contributed by atoms with E-state index in [-0.39, 0.29) is 6.54 Å². The third kappa shape index (κ3) is 5.47. The molecule has 0 aliphatic heterocycles. The molecule has 1 aromatic heterocycles. The van der Waals surface area contributed by atoms with Crippen molar-refractivity contribution in [2.24, 2.45) is 4.99 Å². The fourth-order valence-electron chi connectivity index (χ4n) is 3.06. The Bertz CT molecular complexity index is 590. The monoisotopic (exact) mass is 350 g/mol. The maximum atomic E-state index is 10.8. The van der Waals surface area contributed by atoms with E-state index in [1.54, 1.807) is 6.92 Å². The van der Waals surface area contributed by atoms with Gasteiger partial charge in [0.1, 0.15) is 17.1 Å². The number of nitrogens with one attached hydrogen (secondary N) is 2. The average Bonchev–Trinajstić information content (AvgIpc) is 3.33. The SMILES string of the molecule is CCNC(=NCC(C)(O)c1cc(C)oc1C)NCC(C)N(C)C1CC1. The third-order valence-electron chi connectivity index (χ3n) is 4.89. The second-order valence-electron chi connectivity index (χ2n) is 7.42. The van der Waals surface area contributed by atoms with Crippen LogP contribution in [0.5, 0.6) is 0 Å². The Morgan fingerprint density at radius 3 is 2.64 bits per heavy atom. The standard InChI is InChI=1S/C19H34N4O2/c1-7-20-18(21-11-13(2)23(6)16-8-9-16)22-12-19(5,24)17-10-14(3)25-15(17)4/h10,13,16,24H,7-9,11-12H2,1-6H3,(H2,20,21,22). The lowest BCUT2D eigenvalue weighted by Gasteiger charge is -2.26. The minimum Gasteiger partial charge on any atom is -0.466 e. The molecule has 1 aliphatic rings. The van der Waals surface area contributed by atoms with Gasteiger partial charge in [0.2, 0.25) is 0 Å². The van der Waals surface area contributed by atoms with E-state index in [1.807, 2.05) is 26.8 Å². The number of guanidine groups is 1. The molecule has 0 spiro atoms. The lowest BCUT2D eigenvalue weighted by molar-refractivity contribution is 0.0657. The summed E-state index contributed by atoms with van der Waals surface area (Å²) in [7, 11) is 2.18. The van der Waals surface area contributed by atoms with Gasteiger partial charge >= 0.3 is 0 Å². The van der Waals surface area contributed by atoms with E-state index in [2.05, 4.69) is 34.5 Å². The van der Waals surface area contributed by atoms with Gasteiger partial charge in [-0.25, -0.2) is 4.99 Å². The molecule has 2 unspecified atom stereocenters. The quantitative estimate of drug-likeness (QED) is 0.495. The molecule has 2 rings (SSSR count). The fourth-order valence-corrected chi connectivity index (χ4v) is 3.06. The molecule has 142 valence electrons. The smallest absolute Gasteiger partial charge is 0.191 e. The minimum absolute atomic E-state index is 0.273. The fraction of sp³-hybridized carbons (Fsp3) is 0.737. The van der Waals surface area contributed by atoms with E-state index in [0.29, 0.717) is 6.04 Å². The van der Waals surface area contributed by atoms with Gasteiger partial charge < -0.3 is 20.2 Å². The van der Waals surface area contributed by atoms with Crippen LogP contribution in [0.15, 0.2) is 15.5 Å². The van der Waals surface area contributed by atoms with Crippen molar-refractivity contribution < 1.29 is 9.52 Å². The zero-order chi connectivity index (χ0) is 18.6. The number of hydrogen-bond acceptors (Lipinski definition) is 4. The van der Waals surface area contributed by atoms with E-state index >= 15 is 0 Å². The Morgan fingerprint density at radius 2 is 2.12 bits per heavy atom. The van der Waals surface area contributed by atoms with Crippen LogP contribution < -0.4 is 10.6 Å². The van der Waals surface area contributed by atoms with Crippen LogP contribution >= 0.6 is 0 Å². The van der Waals surface area contributed by atoms with Crippen LogP contribution in [-0.4, -0.2) is 54.7 Å². The Hall–Kier alpha value is -1.53. The average molecular weight is 351 g/mol. The number of aryl methyl sites for hydroxylation is 2. The molecule has 1 aliphatic carbocycles. The summed E-state index contributed by atoms with van der Waals surface area (Å²) in [4.78, 5) is 7.01. The summed E-state index contributed by atoms with van der Waals surface area (Å²) in [5, 5.41) is 17.5. The summed E-state index contributed by atoms with van der Waals surface area (Å²) >= 11 is 0. The molecule has 0 saturated heterocycles. The number of aliphatic hydroxyl groups is 1. The predicted octanol–water partition coefficient (Wildman–Crippen LogP) is 2.14. The number of likely N-dealkylation sites (N-methyl/N-ethyl adjacent to an activating group) is 1. The van der Waals surface area contributed by atoms with Gasteiger partial charge in [-0.2, -0.15) is 0 Å². The van der Waals surface area contributed by atoms with E-state index in [0.717, 1.165) is 42.2 Å². The first kappa shape index (κ1) is 19.8. The molecule has 3 N–H and O–H groups in total. The molecule has 6 heteroatoms. The summed E-state index contributed by atoms with van der Waals surface area (Å²) in [6.45, 7) is 11.7. The molecular formula is C19H34N4O2. The Kier molecular flexibility index (Phi) is 6.52. The summed E-state index contributed by atoms with van der Waals surface area (Å²) < 4.78 is 5.54. The lowest BCUT2D eigenvalue weighted by atomic mass is 9.96. The van der Waals surface area contributed by atoms with Gasteiger partial charge in [0.15, 0.2) is 5.96 Å². The van der Waals surface area contributed by atoms with E-state index in [9.17, 15) is 5.11 Å². The minimum atomic E-state index is -1.05. The number of aliphatic imine (C=N–C) groups is 1. The first-order chi connectivity index (χ1) is 11.7. The van der Waals surface area contributed by atoms with Gasteiger partial charge in [0.05, 0.1) is 6.54 Å². The van der Waals surface area contributed by atoms with Crippen LogP contribution in [0.1, 0.15) is 50.7 Å². The zero-order valence-corrected chi connectivity index (χ0v) is 16.5. The highest BCUT2D eigenvalue weighted by Crippen LogP contribution is 2.27. The Morgan fingerprint density at radius 1 is 1.44 bits per heavy atom. The number of nitrogens with zero attached hydrogens (tertiary/aromatic N) is 2. The summed E-state index contributed by atoms with van der Waals surface area (Å²) in [6.07, 6.45) is 2.61. The van der Waals surface area contributed by atoms with Gasteiger partial charge in [0, 0.05) is 30.7 Å². The van der Waals surface area contributed by atoms with Crippen LogP contribution in [0.2, 0.25) is 0 Å². The number of rotatable bonds is 8. The largest absolute Gasteiger partial charge is 0.466 e. The molecule has 25 heavy (non-hydrogen) atoms.